The van der Waals surface area contributed by atoms with Crippen LogP contribution < -0.4 is 9.64 Å². The van der Waals surface area contributed by atoms with Gasteiger partial charge in [0.1, 0.15) is 5.75 Å². The molecule has 3 aliphatic rings. The number of anilines is 1. The predicted molar refractivity (Wildman–Crippen MR) is 131 cm³/mol. The smallest absolute Gasteiger partial charge is 0.180 e. The largest absolute Gasteiger partial charge is 0.493 e. The lowest BCUT2D eigenvalue weighted by atomic mass is 9.91. The van der Waals surface area contributed by atoms with Gasteiger partial charge >= 0.3 is 0 Å². The average Bonchev–Trinajstić information content (AvgIpc) is 3.53. The fourth-order valence-corrected chi connectivity index (χ4v) is 5.85. The molecular weight excluding hydrogens is 412 g/mol. The van der Waals surface area contributed by atoms with E-state index in [0.717, 1.165) is 61.9 Å². The summed E-state index contributed by atoms with van der Waals surface area (Å²) in [6, 6.07) is 17.4. The lowest BCUT2D eigenvalue weighted by Gasteiger charge is -2.46. The molecule has 0 radical (unpaired) electrons. The molecule has 1 aromatic heterocycles. The Labute approximate surface area is 196 Å². The summed E-state index contributed by atoms with van der Waals surface area (Å²) in [7, 11) is 0. The van der Waals surface area contributed by atoms with Gasteiger partial charge in [-0.05, 0) is 57.0 Å². The Morgan fingerprint density at radius 1 is 0.909 bits per heavy atom. The molecule has 0 spiro atoms. The van der Waals surface area contributed by atoms with E-state index >= 15 is 0 Å². The first-order chi connectivity index (χ1) is 16.3. The number of aromatic nitrogens is 1. The Hall–Kier alpha value is -2.57. The highest BCUT2D eigenvalue weighted by molar-refractivity contribution is 5.88. The SMILES string of the molecule is c1ccc(OC[C@H]2CC[C@H]3CN(c4noc5ccccc45)CCN3C2)c(CN2CCCC2)c1. The molecule has 2 atom stereocenters. The first kappa shape index (κ1) is 21.0. The van der Waals surface area contributed by atoms with Gasteiger partial charge in [-0.25, -0.2) is 0 Å². The van der Waals surface area contributed by atoms with Crippen LogP contribution in [0.25, 0.3) is 11.0 Å². The maximum Gasteiger partial charge on any atom is 0.180 e. The number of hydrogen-bond donors (Lipinski definition) is 0. The van der Waals surface area contributed by atoms with Crippen LogP contribution in [0, 0.1) is 5.92 Å². The molecule has 4 heterocycles. The first-order valence-electron chi connectivity index (χ1n) is 12.6. The van der Waals surface area contributed by atoms with E-state index in [-0.39, 0.29) is 0 Å². The lowest BCUT2D eigenvalue weighted by Crippen LogP contribution is -2.57. The molecule has 3 aromatic rings. The highest BCUT2D eigenvalue weighted by atomic mass is 16.5. The summed E-state index contributed by atoms with van der Waals surface area (Å²) in [5.74, 6) is 2.68. The Morgan fingerprint density at radius 2 is 1.76 bits per heavy atom. The highest BCUT2D eigenvalue weighted by Crippen LogP contribution is 2.32. The van der Waals surface area contributed by atoms with Gasteiger partial charge in [-0.2, -0.15) is 0 Å². The third-order valence-corrected chi connectivity index (χ3v) is 7.70. The normalized spacial score (nSPS) is 24.3. The van der Waals surface area contributed by atoms with Crippen molar-refractivity contribution in [1.82, 2.24) is 15.0 Å². The Morgan fingerprint density at radius 3 is 2.70 bits per heavy atom. The molecule has 0 N–H and O–H groups in total. The molecule has 2 aromatic carbocycles. The average molecular weight is 447 g/mol. The van der Waals surface area contributed by atoms with Crippen molar-refractivity contribution in [2.75, 3.05) is 50.8 Å². The second kappa shape index (κ2) is 9.35. The van der Waals surface area contributed by atoms with Crippen LogP contribution in [0.3, 0.4) is 0 Å². The highest BCUT2D eigenvalue weighted by Gasteiger charge is 2.34. The van der Waals surface area contributed by atoms with Crippen LogP contribution in [0.1, 0.15) is 31.2 Å². The Balaban J connectivity index is 1.05. The van der Waals surface area contributed by atoms with Gasteiger partial charge < -0.3 is 14.2 Å². The minimum absolute atomic E-state index is 0.591. The van der Waals surface area contributed by atoms with Gasteiger partial charge in [-0.15, -0.1) is 0 Å². The van der Waals surface area contributed by atoms with E-state index in [9.17, 15) is 0 Å². The number of hydrogen-bond acceptors (Lipinski definition) is 6. The van der Waals surface area contributed by atoms with Crippen molar-refractivity contribution >= 4 is 16.8 Å². The van der Waals surface area contributed by atoms with Crippen molar-refractivity contribution in [3.05, 3.63) is 54.1 Å². The van der Waals surface area contributed by atoms with E-state index in [1.807, 2.05) is 12.1 Å². The molecule has 174 valence electrons. The monoisotopic (exact) mass is 446 g/mol. The molecule has 3 fully saturated rings. The zero-order valence-corrected chi connectivity index (χ0v) is 19.4. The van der Waals surface area contributed by atoms with Gasteiger partial charge in [-0.1, -0.05) is 35.5 Å². The van der Waals surface area contributed by atoms with Crippen LogP contribution in [0.2, 0.25) is 0 Å². The van der Waals surface area contributed by atoms with Crippen molar-refractivity contribution < 1.29 is 9.26 Å². The van der Waals surface area contributed by atoms with Crippen LogP contribution in [0.5, 0.6) is 5.75 Å². The van der Waals surface area contributed by atoms with Gasteiger partial charge in [-0.3, -0.25) is 9.80 Å². The lowest BCUT2D eigenvalue weighted by molar-refractivity contribution is 0.0723. The number of likely N-dealkylation sites (tertiary alicyclic amines) is 1. The molecule has 3 saturated heterocycles. The molecule has 0 bridgehead atoms. The summed E-state index contributed by atoms with van der Waals surface area (Å²) in [4.78, 5) is 7.63. The Kier molecular flexibility index (Phi) is 5.95. The van der Waals surface area contributed by atoms with Gasteiger partial charge in [0, 0.05) is 50.2 Å². The topological polar surface area (TPSA) is 45.0 Å². The number of nitrogens with zero attached hydrogens (tertiary/aromatic N) is 4. The number of benzene rings is 2. The number of piperidine rings is 1. The van der Waals surface area contributed by atoms with Gasteiger partial charge in [0.05, 0.1) is 12.0 Å². The summed E-state index contributed by atoms with van der Waals surface area (Å²) in [6.07, 6.45) is 5.09. The minimum Gasteiger partial charge on any atom is -0.493 e. The molecule has 0 unspecified atom stereocenters. The van der Waals surface area contributed by atoms with E-state index in [1.54, 1.807) is 0 Å². The van der Waals surface area contributed by atoms with Crippen molar-refractivity contribution in [3.8, 4) is 5.75 Å². The number of rotatable bonds is 6. The molecule has 6 heteroatoms. The fraction of sp³-hybridized carbons (Fsp3) is 0.519. The first-order valence-corrected chi connectivity index (χ1v) is 12.6. The van der Waals surface area contributed by atoms with Crippen molar-refractivity contribution in [1.29, 1.82) is 0 Å². The molecule has 33 heavy (non-hydrogen) atoms. The summed E-state index contributed by atoms with van der Waals surface area (Å²) in [5, 5.41) is 5.51. The molecule has 0 saturated carbocycles. The van der Waals surface area contributed by atoms with Crippen LogP contribution in [0.15, 0.2) is 53.1 Å². The maximum atomic E-state index is 6.41. The molecule has 0 amide bonds. The van der Waals surface area contributed by atoms with Crippen LogP contribution in [0.4, 0.5) is 5.82 Å². The molecule has 6 nitrogen and oxygen atoms in total. The number of ether oxygens (including phenoxy) is 1. The molecule has 6 rings (SSSR count). The van der Waals surface area contributed by atoms with Gasteiger partial charge in [0.2, 0.25) is 0 Å². The zero-order valence-electron chi connectivity index (χ0n) is 19.4. The van der Waals surface area contributed by atoms with E-state index in [4.69, 9.17) is 9.26 Å². The maximum absolute atomic E-state index is 6.41. The van der Waals surface area contributed by atoms with E-state index in [0.29, 0.717) is 12.0 Å². The van der Waals surface area contributed by atoms with E-state index in [2.05, 4.69) is 56.3 Å². The summed E-state index contributed by atoms with van der Waals surface area (Å²) in [5.41, 5.74) is 2.21. The number of piperazine rings is 1. The minimum atomic E-state index is 0.591. The predicted octanol–water partition coefficient (Wildman–Crippen LogP) is 4.40. The van der Waals surface area contributed by atoms with Gasteiger partial charge in [0.25, 0.3) is 0 Å². The summed E-state index contributed by atoms with van der Waals surface area (Å²) >= 11 is 0. The Bertz CT molecular complexity index is 1080. The van der Waals surface area contributed by atoms with Crippen LogP contribution in [-0.4, -0.2) is 66.9 Å². The number of fused-ring (bicyclic) bond motifs is 2. The van der Waals surface area contributed by atoms with E-state index in [1.165, 1.54) is 44.3 Å². The molecule has 3 aliphatic heterocycles. The number of para-hydroxylation sites is 2. The molecular formula is C27H34N4O2. The standard InChI is InChI=1S/C27H34N4O2/c1-3-9-25(22(7-1)18-29-13-5-6-14-29)32-20-21-11-12-23-19-31(16-15-30(23)17-21)27-24-8-2-4-10-26(24)33-28-27/h1-4,7-10,21,23H,5-6,11-20H2/t21-,23-/m0/s1. The van der Waals surface area contributed by atoms with E-state index < -0.39 is 0 Å². The summed E-state index contributed by atoms with van der Waals surface area (Å²) in [6.45, 7) is 8.50. The van der Waals surface area contributed by atoms with Crippen LogP contribution in [-0.2, 0) is 6.54 Å². The zero-order chi connectivity index (χ0) is 22.0. The van der Waals surface area contributed by atoms with Crippen molar-refractivity contribution in [3.63, 3.8) is 0 Å². The quantitative estimate of drug-likeness (QED) is 0.559. The molecule has 0 aliphatic carbocycles. The third kappa shape index (κ3) is 4.46. The van der Waals surface area contributed by atoms with Crippen molar-refractivity contribution in [2.24, 2.45) is 5.92 Å². The summed E-state index contributed by atoms with van der Waals surface area (Å²) < 4.78 is 12.0. The van der Waals surface area contributed by atoms with Gasteiger partial charge in [0.15, 0.2) is 11.4 Å². The second-order valence-corrected chi connectivity index (χ2v) is 9.94. The van der Waals surface area contributed by atoms with Crippen molar-refractivity contribution in [2.45, 2.75) is 38.3 Å². The fourth-order valence-electron chi connectivity index (χ4n) is 5.85. The third-order valence-electron chi connectivity index (χ3n) is 7.70. The van der Waals surface area contributed by atoms with Crippen LogP contribution >= 0.6 is 0 Å². The second-order valence-electron chi connectivity index (χ2n) is 9.94.